The zero-order valence-electron chi connectivity index (χ0n) is 13.6. The molecule has 1 unspecified atom stereocenters. The highest BCUT2D eigenvalue weighted by atomic mass is 19.4. The molecule has 25 heavy (non-hydrogen) atoms. The number of carbonyl (C=O) groups is 2. The van der Waals surface area contributed by atoms with Gasteiger partial charge in [0.15, 0.2) is 0 Å². The van der Waals surface area contributed by atoms with Gasteiger partial charge in [-0.15, -0.1) is 0 Å². The second-order valence-electron chi connectivity index (χ2n) is 5.88. The third-order valence-corrected chi connectivity index (χ3v) is 3.51. The third kappa shape index (κ3) is 4.25. The Hall–Kier alpha value is -2.65. The number of carboxylic acid groups (broad SMARTS) is 1. The number of nitrogens with zero attached hydrogens (tertiary/aromatic N) is 2. The number of amides is 1. The van der Waals surface area contributed by atoms with Crippen molar-refractivity contribution in [1.29, 1.82) is 0 Å². The fourth-order valence-electron chi connectivity index (χ4n) is 2.26. The predicted molar refractivity (Wildman–Crippen MR) is 80.2 cm³/mol. The van der Waals surface area contributed by atoms with Crippen molar-refractivity contribution in [3.8, 4) is 0 Å². The maximum Gasteiger partial charge on any atom is 0.391 e. The summed E-state index contributed by atoms with van der Waals surface area (Å²) in [6.45, 7) is 5.16. The van der Waals surface area contributed by atoms with Crippen LogP contribution >= 0.6 is 0 Å². The van der Waals surface area contributed by atoms with E-state index in [1.54, 1.807) is 6.92 Å². The van der Waals surface area contributed by atoms with Crippen molar-refractivity contribution in [2.45, 2.75) is 45.3 Å². The maximum absolute atomic E-state index is 12.5. The molecule has 2 aromatic rings. The number of alkyl halides is 3. The Balaban J connectivity index is 2.43. The molecule has 2 N–H and O–H groups in total. The Morgan fingerprint density at radius 2 is 2.00 bits per heavy atom. The fraction of sp³-hybridized carbons (Fsp3) is 0.467. The van der Waals surface area contributed by atoms with Crippen LogP contribution in [0.2, 0.25) is 0 Å². The number of hydrogen-bond acceptors (Lipinski definition) is 5. The van der Waals surface area contributed by atoms with E-state index in [-0.39, 0.29) is 22.6 Å². The summed E-state index contributed by atoms with van der Waals surface area (Å²) in [5.41, 5.74) is 0.833. The number of fused-ring (bicyclic) bond motifs is 1. The monoisotopic (exact) mass is 359 g/mol. The lowest BCUT2D eigenvalue weighted by Crippen LogP contribution is -2.43. The lowest BCUT2D eigenvalue weighted by Gasteiger charge is -2.17. The van der Waals surface area contributed by atoms with Crippen LogP contribution in [0.4, 0.5) is 13.2 Å². The predicted octanol–water partition coefficient (Wildman–Crippen LogP) is 2.79. The molecule has 0 aliphatic rings. The van der Waals surface area contributed by atoms with E-state index in [9.17, 15) is 22.8 Å². The van der Waals surface area contributed by atoms with E-state index in [2.05, 4.69) is 10.1 Å². The van der Waals surface area contributed by atoms with E-state index in [1.807, 2.05) is 19.2 Å². The third-order valence-electron chi connectivity index (χ3n) is 3.51. The SMILES string of the molecule is Cc1noc2nc(C(C)C)cc(C(=O)NC(CC(F)(F)F)C(=O)O)c12. The van der Waals surface area contributed by atoms with E-state index in [0.717, 1.165) is 0 Å². The van der Waals surface area contributed by atoms with Crippen molar-refractivity contribution in [1.82, 2.24) is 15.5 Å². The highest BCUT2D eigenvalue weighted by Gasteiger charge is 2.36. The van der Waals surface area contributed by atoms with Crippen molar-refractivity contribution in [3.63, 3.8) is 0 Å². The molecule has 1 atom stereocenters. The first-order valence-electron chi connectivity index (χ1n) is 7.37. The summed E-state index contributed by atoms with van der Waals surface area (Å²) < 4.78 is 42.5. The Morgan fingerprint density at radius 3 is 2.52 bits per heavy atom. The maximum atomic E-state index is 12.5. The van der Waals surface area contributed by atoms with Crippen LogP contribution in [-0.4, -0.2) is 39.3 Å². The molecule has 7 nitrogen and oxygen atoms in total. The van der Waals surface area contributed by atoms with Gasteiger partial charge in [0.2, 0.25) is 0 Å². The topological polar surface area (TPSA) is 105 Å². The van der Waals surface area contributed by atoms with Gasteiger partial charge in [0.1, 0.15) is 6.04 Å². The van der Waals surface area contributed by atoms with Crippen molar-refractivity contribution in [2.75, 3.05) is 0 Å². The summed E-state index contributed by atoms with van der Waals surface area (Å²) in [7, 11) is 0. The molecule has 2 aromatic heterocycles. The van der Waals surface area contributed by atoms with Crippen molar-refractivity contribution >= 4 is 23.0 Å². The van der Waals surface area contributed by atoms with E-state index < -0.39 is 30.5 Å². The van der Waals surface area contributed by atoms with Gasteiger partial charge in [-0.25, -0.2) is 9.78 Å². The normalized spacial score (nSPS) is 13.2. The number of carbonyl (C=O) groups excluding carboxylic acids is 1. The standard InChI is InChI=1S/C15H16F3N3O4/c1-6(2)9-4-8(11-7(3)21-25-13(11)20-9)12(22)19-10(14(23)24)5-15(16,17)18/h4,6,10H,5H2,1-3H3,(H,19,22)(H,23,24). The Labute approximate surface area is 140 Å². The second kappa shape index (κ2) is 6.69. The molecule has 0 aromatic carbocycles. The van der Waals surface area contributed by atoms with E-state index in [4.69, 9.17) is 9.63 Å². The molecule has 0 saturated heterocycles. The number of nitrogens with one attached hydrogen (secondary N) is 1. The number of aromatic nitrogens is 2. The molecule has 136 valence electrons. The van der Waals surface area contributed by atoms with Gasteiger partial charge in [-0.3, -0.25) is 4.79 Å². The largest absolute Gasteiger partial charge is 0.480 e. The minimum Gasteiger partial charge on any atom is -0.480 e. The highest BCUT2D eigenvalue weighted by Crippen LogP contribution is 2.26. The van der Waals surface area contributed by atoms with Crippen molar-refractivity contribution in [2.24, 2.45) is 0 Å². The lowest BCUT2D eigenvalue weighted by atomic mass is 10.0. The van der Waals surface area contributed by atoms with Crippen LogP contribution in [0.3, 0.4) is 0 Å². The van der Waals surface area contributed by atoms with Crippen molar-refractivity contribution < 1.29 is 32.4 Å². The molecule has 0 spiro atoms. The quantitative estimate of drug-likeness (QED) is 0.850. The Kier molecular flexibility index (Phi) is 5.00. The molecule has 0 saturated carbocycles. The number of hydrogen-bond donors (Lipinski definition) is 2. The molecule has 0 fully saturated rings. The molecular weight excluding hydrogens is 343 g/mol. The van der Waals surface area contributed by atoms with Gasteiger partial charge in [0, 0.05) is 5.69 Å². The summed E-state index contributed by atoms with van der Waals surface area (Å²) in [6.07, 6.45) is -6.41. The van der Waals surface area contributed by atoms with E-state index >= 15 is 0 Å². The van der Waals surface area contributed by atoms with E-state index in [0.29, 0.717) is 11.4 Å². The van der Waals surface area contributed by atoms with Crippen LogP contribution in [0.5, 0.6) is 0 Å². The molecule has 0 radical (unpaired) electrons. The molecule has 1 amide bonds. The first-order chi connectivity index (χ1) is 11.5. The minimum absolute atomic E-state index is 0.0270. The number of aliphatic carboxylic acids is 1. The molecular formula is C15H16F3N3O4. The lowest BCUT2D eigenvalue weighted by molar-refractivity contribution is -0.157. The summed E-state index contributed by atoms with van der Waals surface area (Å²) in [6, 6.07) is -0.697. The zero-order valence-corrected chi connectivity index (χ0v) is 13.6. The van der Waals surface area contributed by atoms with Crippen LogP contribution in [0, 0.1) is 6.92 Å². The second-order valence-corrected chi connectivity index (χ2v) is 5.88. The number of rotatable bonds is 5. The number of halogens is 3. The average molecular weight is 359 g/mol. The first-order valence-corrected chi connectivity index (χ1v) is 7.37. The molecule has 2 rings (SSSR count). The van der Waals surface area contributed by atoms with E-state index in [1.165, 1.54) is 6.07 Å². The first kappa shape index (κ1) is 18.7. The summed E-state index contributed by atoms with van der Waals surface area (Å²) >= 11 is 0. The van der Waals surface area contributed by atoms with Gasteiger partial charge in [-0.2, -0.15) is 13.2 Å². The Morgan fingerprint density at radius 1 is 1.36 bits per heavy atom. The number of aryl methyl sites for hydroxylation is 1. The Bertz CT molecular complexity index is 814. The van der Waals surface area contributed by atoms with Gasteiger partial charge in [-0.05, 0) is 18.9 Å². The van der Waals surface area contributed by atoms with Crippen LogP contribution < -0.4 is 5.32 Å². The van der Waals surface area contributed by atoms with Crippen LogP contribution in [-0.2, 0) is 4.79 Å². The zero-order chi connectivity index (χ0) is 18.9. The fourth-order valence-corrected chi connectivity index (χ4v) is 2.26. The number of pyridine rings is 1. The molecule has 0 aliphatic carbocycles. The van der Waals surface area contributed by atoms with Gasteiger partial charge in [0.25, 0.3) is 11.6 Å². The van der Waals surface area contributed by atoms with Crippen LogP contribution in [0.1, 0.15) is 47.9 Å². The summed E-state index contributed by atoms with van der Waals surface area (Å²) in [4.78, 5) is 27.7. The highest BCUT2D eigenvalue weighted by molar-refractivity contribution is 6.07. The van der Waals surface area contributed by atoms with Gasteiger partial charge >= 0.3 is 12.1 Å². The summed E-state index contributed by atoms with van der Waals surface area (Å²) in [5, 5.41) is 14.8. The van der Waals surface area contributed by atoms with Gasteiger partial charge in [0.05, 0.1) is 23.1 Å². The van der Waals surface area contributed by atoms with Gasteiger partial charge < -0.3 is 14.9 Å². The van der Waals surface area contributed by atoms with Gasteiger partial charge in [-0.1, -0.05) is 19.0 Å². The summed E-state index contributed by atoms with van der Waals surface area (Å²) in [5.74, 6) is -2.83. The number of carboxylic acids is 1. The molecule has 0 aliphatic heterocycles. The molecule has 10 heteroatoms. The van der Waals surface area contributed by atoms with Crippen LogP contribution in [0.25, 0.3) is 11.1 Å². The molecule has 2 heterocycles. The van der Waals surface area contributed by atoms with Crippen LogP contribution in [0.15, 0.2) is 10.6 Å². The smallest absolute Gasteiger partial charge is 0.391 e. The molecule has 0 bridgehead atoms. The minimum atomic E-state index is -4.74. The average Bonchev–Trinajstić information content (AvgIpc) is 2.85. The van der Waals surface area contributed by atoms with Crippen molar-refractivity contribution in [3.05, 3.63) is 23.0 Å².